The fourth-order valence-electron chi connectivity index (χ4n) is 4.66. The van der Waals surface area contributed by atoms with Crippen LogP contribution in [0.4, 0.5) is 0 Å². The van der Waals surface area contributed by atoms with E-state index in [1.54, 1.807) is 0 Å². The Labute approximate surface area is 197 Å². The molecule has 6 heteroatoms. The van der Waals surface area contributed by atoms with E-state index in [1.807, 2.05) is 54.6 Å². The molecule has 2 N–H and O–H groups in total. The summed E-state index contributed by atoms with van der Waals surface area (Å²) in [6, 6.07) is 17.7. The highest BCUT2D eigenvalue weighted by atomic mass is 35.5. The number of hydrogen-bond donors (Lipinski definition) is 2. The first kappa shape index (κ1) is 21.9. The molecule has 1 aromatic heterocycles. The Morgan fingerprint density at radius 1 is 1.00 bits per heavy atom. The van der Waals surface area contributed by atoms with Crippen LogP contribution < -0.4 is 11.2 Å². The molecule has 1 unspecified atom stereocenters. The second kappa shape index (κ2) is 9.16. The average Bonchev–Trinajstić information content (AvgIpc) is 3.66. The summed E-state index contributed by atoms with van der Waals surface area (Å²) in [5, 5.41) is 0.726. The van der Waals surface area contributed by atoms with Crippen molar-refractivity contribution in [2.75, 3.05) is 6.61 Å². The van der Waals surface area contributed by atoms with E-state index in [0.29, 0.717) is 43.0 Å². The summed E-state index contributed by atoms with van der Waals surface area (Å²) in [5.41, 5.74) is 2.78. The minimum absolute atomic E-state index is 0.354. The SMILES string of the molecule is O=c1[nH]c(C2(OCC3CC3)CC=C(c3ccccc3Cl)CC2)c(Cc2ccccc2)c(=O)[nH]1. The van der Waals surface area contributed by atoms with Gasteiger partial charge in [0.05, 0.1) is 12.3 Å². The lowest BCUT2D eigenvalue weighted by Crippen LogP contribution is -2.40. The van der Waals surface area contributed by atoms with Gasteiger partial charge >= 0.3 is 5.69 Å². The number of rotatable bonds is 7. The van der Waals surface area contributed by atoms with Crippen LogP contribution in [0.1, 0.15) is 54.5 Å². The highest BCUT2D eigenvalue weighted by molar-refractivity contribution is 6.32. The maximum Gasteiger partial charge on any atom is 0.326 e. The van der Waals surface area contributed by atoms with E-state index >= 15 is 0 Å². The minimum atomic E-state index is -0.745. The van der Waals surface area contributed by atoms with Crippen molar-refractivity contribution in [1.29, 1.82) is 0 Å². The van der Waals surface area contributed by atoms with E-state index in [4.69, 9.17) is 16.3 Å². The molecule has 0 spiro atoms. The van der Waals surface area contributed by atoms with Crippen LogP contribution in [0.3, 0.4) is 0 Å². The summed E-state index contributed by atoms with van der Waals surface area (Å²) in [5.74, 6) is 0.558. The summed E-state index contributed by atoms with van der Waals surface area (Å²) in [7, 11) is 0. The van der Waals surface area contributed by atoms with Crippen LogP contribution in [0.15, 0.2) is 70.3 Å². The molecule has 0 bridgehead atoms. The second-order valence-corrected chi connectivity index (χ2v) is 9.49. The van der Waals surface area contributed by atoms with Gasteiger partial charge in [-0.3, -0.25) is 9.78 Å². The van der Waals surface area contributed by atoms with Gasteiger partial charge in [0.25, 0.3) is 5.56 Å². The van der Waals surface area contributed by atoms with E-state index in [1.165, 1.54) is 18.4 Å². The first-order valence-electron chi connectivity index (χ1n) is 11.5. The number of allylic oxidation sites excluding steroid dienone is 1. The molecule has 0 aliphatic heterocycles. The number of aromatic amines is 2. The van der Waals surface area contributed by atoms with Crippen molar-refractivity contribution >= 4 is 17.2 Å². The molecule has 1 saturated carbocycles. The van der Waals surface area contributed by atoms with E-state index < -0.39 is 11.3 Å². The minimum Gasteiger partial charge on any atom is -0.368 e. The summed E-state index contributed by atoms with van der Waals surface area (Å²) >= 11 is 6.45. The number of ether oxygens (including phenoxy) is 1. The molecule has 0 saturated heterocycles. The fourth-order valence-corrected chi connectivity index (χ4v) is 4.91. The predicted octanol–water partition coefficient (Wildman–Crippen LogP) is 5.20. The molecule has 2 aliphatic carbocycles. The number of halogens is 1. The number of nitrogens with one attached hydrogen (secondary N) is 2. The van der Waals surface area contributed by atoms with Crippen molar-refractivity contribution in [2.24, 2.45) is 5.92 Å². The summed E-state index contributed by atoms with van der Waals surface area (Å²) in [6.45, 7) is 0.634. The Morgan fingerprint density at radius 3 is 2.45 bits per heavy atom. The van der Waals surface area contributed by atoms with Gasteiger partial charge in [-0.25, -0.2) is 4.79 Å². The number of H-pyrrole nitrogens is 2. The Kier molecular flexibility index (Phi) is 6.09. The van der Waals surface area contributed by atoms with E-state index in [0.717, 1.165) is 22.6 Å². The first-order chi connectivity index (χ1) is 16.0. The monoisotopic (exact) mass is 462 g/mol. The van der Waals surface area contributed by atoms with Gasteiger partial charge in [0, 0.05) is 23.4 Å². The molecule has 2 aromatic carbocycles. The summed E-state index contributed by atoms with van der Waals surface area (Å²) in [4.78, 5) is 30.7. The number of benzene rings is 2. The highest BCUT2D eigenvalue weighted by Crippen LogP contribution is 2.44. The van der Waals surface area contributed by atoms with Crippen LogP contribution in [0.5, 0.6) is 0 Å². The zero-order valence-electron chi connectivity index (χ0n) is 18.4. The smallest absolute Gasteiger partial charge is 0.326 e. The molecule has 1 atom stereocenters. The Balaban J connectivity index is 1.56. The van der Waals surface area contributed by atoms with Crippen LogP contribution >= 0.6 is 11.6 Å². The lowest BCUT2D eigenvalue weighted by Gasteiger charge is -2.38. The van der Waals surface area contributed by atoms with Crippen molar-refractivity contribution in [2.45, 2.75) is 44.1 Å². The van der Waals surface area contributed by atoms with Gasteiger partial charge in [0.15, 0.2) is 0 Å². The van der Waals surface area contributed by atoms with Crippen molar-refractivity contribution in [3.05, 3.63) is 109 Å². The van der Waals surface area contributed by atoms with E-state index in [-0.39, 0.29) is 5.56 Å². The molecule has 1 heterocycles. The van der Waals surface area contributed by atoms with Gasteiger partial charge in [0.2, 0.25) is 0 Å². The zero-order valence-corrected chi connectivity index (χ0v) is 19.2. The van der Waals surface area contributed by atoms with Crippen molar-refractivity contribution < 1.29 is 4.74 Å². The molecule has 0 amide bonds. The van der Waals surface area contributed by atoms with Crippen molar-refractivity contribution in [3.8, 4) is 0 Å². The van der Waals surface area contributed by atoms with E-state index in [9.17, 15) is 9.59 Å². The average molecular weight is 463 g/mol. The van der Waals surface area contributed by atoms with Crippen LogP contribution in [0, 0.1) is 5.92 Å². The van der Waals surface area contributed by atoms with Gasteiger partial charge in [0.1, 0.15) is 5.60 Å². The standard InChI is InChI=1S/C27H27ClN2O3/c28-23-9-5-4-8-21(23)20-12-14-27(15-13-20,33-17-19-10-11-19)24-22(25(31)30-26(32)29-24)16-18-6-2-1-3-7-18/h1-9,12,19H,10-11,13-17H2,(H2,29,30,31,32). The molecule has 0 radical (unpaired) electrons. The maximum absolute atomic E-state index is 13.0. The first-order valence-corrected chi connectivity index (χ1v) is 11.9. The van der Waals surface area contributed by atoms with Gasteiger partial charge in [-0.15, -0.1) is 0 Å². The fraction of sp³-hybridized carbons (Fsp3) is 0.333. The third-order valence-electron chi connectivity index (χ3n) is 6.71. The Hall–Kier alpha value is -2.89. The molecular formula is C27H27ClN2O3. The largest absolute Gasteiger partial charge is 0.368 e. The van der Waals surface area contributed by atoms with Crippen LogP contribution in [0.2, 0.25) is 5.02 Å². The molecule has 33 heavy (non-hydrogen) atoms. The lowest BCUT2D eigenvalue weighted by atomic mass is 9.79. The molecule has 5 nitrogen and oxygen atoms in total. The predicted molar refractivity (Wildman–Crippen MR) is 131 cm³/mol. The number of aromatic nitrogens is 2. The summed E-state index contributed by atoms with van der Waals surface area (Å²) < 4.78 is 6.58. The molecule has 1 fully saturated rings. The van der Waals surface area contributed by atoms with Gasteiger partial charge in [-0.1, -0.05) is 66.2 Å². The normalized spacial score (nSPS) is 20.5. The van der Waals surface area contributed by atoms with Crippen LogP contribution in [-0.2, 0) is 16.8 Å². The quantitative estimate of drug-likeness (QED) is 0.507. The molecular weight excluding hydrogens is 436 g/mol. The highest BCUT2D eigenvalue weighted by Gasteiger charge is 2.40. The number of hydrogen-bond acceptors (Lipinski definition) is 3. The molecule has 5 rings (SSSR count). The van der Waals surface area contributed by atoms with Gasteiger partial charge in [-0.05, 0) is 54.4 Å². The van der Waals surface area contributed by atoms with Crippen LogP contribution in [-0.4, -0.2) is 16.6 Å². The van der Waals surface area contributed by atoms with Crippen molar-refractivity contribution in [1.82, 2.24) is 9.97 Å². The Bertz CT molecular complexity index is 1290. The zero-order chi connectivity index (χ0) is 22.8. The molecule has 2 aliphatic rings. The van der Waals surface area contributed by atoms with Crippen LogP contribution in [0.25, 0.3) is 5.57 Å². The van der Waals surface area contributed by atoms with Gasteiger partial charge in [-0.2, -0.15) is 0 Å². The van der Waals surface area contributed by atoms with Crippen molar-refractivity contribution in [3.63, 3.8) is 0 Å². The third-order valence-corrected chi connectivity index (χ3v) is 7.04. The van der Waals surface area contributed by atoms with Gasteiger partial charge < -0.3 is 9.72 Å². The topological polar surface area (TPSA) is 75.0 Å². The molecule has 3 aromatic rings. The van der Waals surface area contributed by atoms with E-state index in [2.05, 4.69) is 16.0 Å². The third kappa shape index (κ3) is 4.75. The molecule has 170 valence electrons. The lowest BCUT2D eigenvalue weighted by molar-refractivity contribution is -0.0652. The summed E-state index contributed by atoms with van der Waals surface area (Å²) in [6.07, 6.45) is 6.90. The maximum atomic E-state index is 13.0. The Morgan fingerprint density at radius 2 is 1.76 bits per heavy atom. The second-order valence-electron chi connectivity index (χ2n) is 9.09.